The summed E-state index contributed by atoms with van der Waals surface area (Å²) in [6.07, 6.45) is 3.32. The molecule has 3 aromatic heterocycles. The Morgan fingerprint density at radius 1 is 1.00 bits per heavy atom. The molecule has 6 rings (SSSR count). The number of carbonyl (C=O) groups excluding carboxylic acids is 2. The molecule has 190 valence electrons. The third kappa shape index (κ3) is 4.09. The quantitative estimate of drug-likeness (QED) is 0.387. The number of hydrogen-bond donors (Lipinski definition) is 1. The van der Waals surface area contributed by atoms with Gasteiger partial charge >= 0.3 is 0 Å². The van der Waals surface area contributed by atoms with Crippen LogP contribution in [0.4, 0.5) is 11.5 Å². The lowest BCUT2D eigenvalue weighted by Gasteiger charge is -2.16. The summed E-state index contributed by atoms with van der Waals surface area (Å²) >= 11 is 0. The van der Waals surface area contributed by atoms with Gasteiger partial charge in [0.2, 0.25) is 11.8 Å². The molecule has 5 aromatic rings. The van der Waals surface area contributed by atoms with Gasteiger partial charge in [0.15, 0.2) is 11.5 Å². The lowest BCUT2D eigenvalue weighted by atomic mass is 10.1. The maximum absolute atomic E-state index is 13.3. The van der Waals surface area contributed by atoms with Crippen molar-refractivity contribution < 1.29 is 9.59 Å². The molecule has 1 atom stereocenters. The van der Waals surface area contributed by atoms with Gasteiger partial charge in [0, 0.05) is 24.7 Å². The molecular weight excluding hydrogens is 480 g/mol. The topological polar surface area (TPSA) is 111 Å². The van der Waals surface area contributed by atoms with Crippen LogP contribution in [-0.2, 0) is 9.59 Å². The Hall–Kier alpha value is -4.86. The minimum Gasteiger partial charge on any atom is -0.312 e. The Labute approximate surface area is 218 Å². The zero-order valence-electron chi connectivity index (χ0n) is 21.3. The molecule has 0 bridgehead atoms. The summed E-state index contributed by atoms with van der Waals surface area (Å²) in [6, 6.07) is 17.3. The van der Waals surface area contributed by atoms with Crippen molar-refractivity contribution in [3.8, 4) is 11.5 Å². The zero-order valence-corrected chi connectivity index (χ0v) is 21.3. The second-order valence-electron chi connectivity index (χ2n) is 9.59. The van der Waals surface area contributed by atoms with E-state index in [9.17, 15) is 9.59 Å². The molecule has 2 amide bonds. The number of nitrogens with one attached hydrogen (secondary N) is 1. The van der Waals surface area contributed by atoms with Crippen LogP contribution in [0, 0.1) is 26.7 Å². The zero-order chi connectivity index (χ0) is 26.4. The second kappa shape index (κ2) is 9.22. The molecule has 38 heavy (non-hydrogen) atoms. The highest BCUT2D eigenvalue weighted by atomic mass is 16.2. The van der Waals surface area contributed by atoms with Crippen LogP contribution in [0.3, 0.4) is 0 Å². The minimum absolute atomic E-state index is 0.0719. The van der Waals surface area contributed by atoms with Crippen molar-refractivity contribution in [2.75, 3.05) is 16.8 Å². The summed E-state index contributed by atoms with van der Waals surface area (Å²) in [5, 5.41) is 12.9. The average Bonchev–Trinajstić information content (AvgIpc) is 3.61. The molecule has 0 spiro atoms. The fraction of sp³-hybridized carbons (Fsp3) is 0.214. The SMILES string of the molecule is Cc1ccc(-n2ncc3c(-n4nc(C)cc4NC(=O)C4CC(=O)N(c5ccccc5)C4)ncnc32)c(C)c1. The van der Waals surface area contributed by atoms with Crippen molar-refractivity contribution in [2.45, 2.75) is 27.2 Å². The van der Waals surface area contributed by atoms with Crippen LogP contribution in [0.1, 0.15) is 23.2 Å². The van der Waals surface area contributed by atoms with Gasteiger partial charge in [-0.2, -0.15) is 14.9 Å². The summed E-state index contributed by atoms with van der Waals surface area (Å²) in [4.78, 5) is 36.5. The van der Waals surface area contributed by atoms with Crippen LogP contribution < -0.4 is 10.2 Å². The third-order valence-corrected chi connectivity index (χ3v) is 6.77. The van der Waals surface area contributed by atoms with E-state index in [0.717, 1.165) is 16.9 Å². The average molecular weight is 507 g/mol. The Balaban J connectivity index is 1.31. The third-order valence-electron chi connectivity index (χ3n) is 6.77. The second-order valence-corrected chi connectivity index (χ2v) is 9.59. The number of hydrogen-bond acceptors (Lipinski definition) is 6. The highest BCUT2D eigenvalue weighted by Gasteiger charge is 2.35. The first-order chi connectivity index (χ1) is 18.4. The van der Waals surface area contributed by atoms with Crippen LogP contribution in [0.25, 0.3) is 22.5 Å². The van der Waals surface area contributed by atoms with E-state index in [1.165, 1.54) is 11.9 Å². The number of fused-ring (bicyclic) bond motifs is 1. The Morgan fingerprint density at radius 3 is 2.61 bits per heavy atom. The van der Waals surface area contributed by atoms with Crippen LogP contribution in [0.2, 0.25) is 0 Å². The minimum atomic E-state index is -0.482. The monoisotopic (exact) mass is 506 g/mol. The van der Waals surface area contributed by atoms with Crippen molar-refractivity contribution >= 4 is 34.4 Å². The molecule has 1 saturated heterocycles. The molecule has 10 heteroatoms. The lowest BCUT2D eigenvalue weighted by Crippen LogP contribution is -2.28. The van der Waals surface area contributed by atoms with E-state index < -0.39 is 5.92 Å². The van der Waals surface area contributed by atoms with Gasteiger partial charge in [-0.15, -0.1) is 0 Å². The first kappa shape index (κ1) is 23.5. The van der Waals surface area contributed by atoms with Gasteiger partial charge in [-0.3, -0.25) is 9.59 Å². The normalized spacial score (nSPS) is 15.4. The van der Waals surface area contributed by atoms with Gasteiger partial charge in [-0.05, 0) is 44.5 Å². The van der Waals surface area contributed by atoms with Crippen molar-refractivity contribution in [1.82, 2.24) is 29.5 Å². The maximum atomic E-state index is 13.3. The van der Waals surface area contributed by atoms with Crippen molar-refractivity contribution in [2.24, 2.45) is 5.92 Å². The van der Waals surface area contributed by atoms with Gasteiger partial charge in [-0.1, -0.05) is 35.9 Å². The van der Waals surface area contributed by atoms with Gasteiger partial charge in [0.1, 0.15) is 12.1 Å². The molecule has 1 aliphatic heterocycles. The summed E-state index contributed by atoms with van der Waals surface area (Å²) in [5.41, 5.74) is 5.30. The molecule has 0 radical (unpaired) electrons. The maximum Gasteiger partial charge on any atom is 0.230 e. The number of aryl methyl sites for hydroxylation is 3. The molecule has 4 heterocycles. The van der Waals surface area contributed by atoms with Gasteiger partial charge < -0.3 is 10.2 Å². The standard InChI is InChI=1S/C28H26N8O2/c1-17-9-10-23(18(2)11-17)35-26-22(14-31-35)27(30-16-29-26)36-24(12-19(3)33-36)32-28(38)20-13-25(37)34(15-20)21-7-5-4-6-8-21/h4-12,14,16,20H,13,15H2,1-3H3,(H,32,38). The Bertz CT molecular complexity index is 1690. The highest BCUT2D eigenvalue weighted by Crippen LogP contribution is 2.28. The molecule has 1 fully saturated rings. The first-order valence-corrected chi connectivity index (χ1v) is 12.4. The molecule has 0 saturated carbocycles. The fourth-order valence-corrected chi connectivity index (χ4v) is 4.94. The predicted octanol–water partition coefficient (Wildman–Crippen LogP) is 3.92. The molecule has 1 N–H and O–H groups in total. The first-order valence-electron chi connectivity index (χ1n) is 12.4. The van der Waals surface area contributed by atoms with Crippen LogP contribution in [0.15, 0.2) is 67.1 Å². The van der Waals surface area contributed by atoms with E-state index in [1.54, 1.807) is 26.5 Å². The number of anilines is 2. The molecule has 0 aliphatic carbocycles. The van der Waals surface area contributed by atoms with E-state index in [2.05, 4.69) is 38.5 Å². The smallest absolute Gasteiger partial charge is 0.230 e. The molecule has 1 unspecified atom stereocenters. The van der Waals surface area contributed by atoms with Crippen molar-refractivity contribution in [3.05, 3.63) is 83.9 Å². The fourth-order valence-electron chi connectivity index (χ4n) is 4.94. The Kier molecular flexibility index (Phi) is 5.71. The number of aromatic nitrogens is 6. The largest absolute Gasteiger partial charge is 0.312 e. The molecular formula is C28H26N8O2. The van der Waals surface area contributed by atoms with Crippen LogP contribution in [-0.4, -0.2) is 47.9 Å². The van der Waals surface area contributed by atoms with E-state index >= 15 is 0 Å². The predicted molar refractivity (Wildman–Crippen MR) is 144 cm³/mol. The van der Waals surface area contributed by atoms with Crippen molar-refractivity contribution in [3.63, 3.8) is 0 Å². The van der Waals surface area contributed by atoms with E-state index in [4.69, 9.17) is 0 Å². The molecule has 1 aliphatic rings. The lowest BCUT2D eigenvalue weighted by molar-refractivity contribution is -0.122. The summed E-state index contributed by atoms with van der Waals surface area (Å²) in [5.74, 6) is 0.177. The number of amides is 2. The number of para-hydroxylation sites is 1. The highest BCUT2D eigenvalue weighted by molar-refractivity contribution is 6.03. The van der Waals surface area contributed by atoms with E-state index in [0.29, 0.717) is 34.9 Å². The van der Waals surface area contributed by atoms with E-state index in [1.807, 2.05) is 56.3 Å². The Morgan fingerprint density at radius 2 is 1.82 bits per heavy atom. The number of benzene rings is 2. The van der Waals surface area contributed by atoms with Gasteiger partial charge in [0.25, 0.3) is 0 Å². The number of carbonyl (C=O) groups is 2. The molecule has 2 aromatic carbocycles. The number of rotatable bonds is 5. The van der Waals surface area contributed by atoms with Crippen LogP contribution in [0.5, 0.6) is 0 Å². The van der Waals surface area contributed by atoms with Crippen molar-refractivity contribution in [1.29, 1.82) is 0 Å². The molecule has 10 nitrogen and oxygen atoms in total. The number of nitrogens with zero attached hydrogens (tertiary/aromatic N) is 7. The summed E-state index contributed by atoms with van der Waals surface area (Å²) in [6.45, 7) is 6.26. The van der Waals surface area contributed by atoms with E-state index in [-0.39, 0.29) is 18.2 Å². The summed E-state index contributed by atoms with van der Waals surface area (Å²) in [7, 11) is 0. The van der Waals surface area contributed by atoms with Crippen LogP contribution >= 0.6 is 0 Å². The van der Waals surface area contributed by atoms with Gasteiger partial charge in [0.05, 0.1) is 28.9 Å². The van der Waals surface area contributed by atoms with Gasteiger partial charge in [-0.25, -0.2) is 14.6 Å². The summed E-state index contributed by atoms with van der Waals surface area (Å²) < 4.78 is 3.38.